The lowest BCUT2D eigenvalue weighted by atomic mass is 10.2. The fraction of sp³-hybridized carbons (Fsp3) is 0.143. The molecule has 2 aromatic carbocycles. The normalized spacial score (nSPS) is 11.3. The Hall–Kier alpha value is -1.56. The minimum Gasteiger partial charge on any atom is -0.392 e. The van der Waals surface area contributed by atoms with Gasteiger partial charge in [-0.1, -0.05) is 35.9 Å². The maximum atomic E-state index is 12.3. The zero-order valence-corrected chi connectivity index (χ0v) is 12.4. The molecule has 20 heavy (non-hydrogen) atoms. The Kier molecular flexibility index (Phi) is 4.32. The minimum atomic E-state index is -3.70. The first-order valence-electron chi connectivity index (χ1n) is 5.92. The maximum Gasteiger partial charge on any atom is 0.261 e. The van der Waals surface area contributed by atoms with Crippen molar-refractivity contribution in [3.8, 4) is 0 Å². The third-order valence-corrected chi connectivity index (χ3v) is 4.61. The second-order valence-electron chi connectivity index (χ2n) is 4.33. The number of aliphatic hydroxyl groups excluding tert-OH is 1. The molecule has 0 amide bonds. The highest BCUT2D eigenvalue weighted by Crippen LogP contribution is 2.23. The van der Waals surface area contributed by atoms with E-state index in [1.807, 2.05) is 19.1 Å². The number of rotatable bonds is 4. The first kappa shape index (κ1) is 14.8. The Morgan fingerprint density at radius 3 is 2.50 bits per heavy atom. The zero-order valence-electron chi connectivity index (χ0n) is 10.8. The third kappa shape index (κ3) is 3.12. The van der Waals surface area contributed by atoms with E-state index in [1.54, 1.807) is 12.1 Å². The van der Waals surface area contributed by atoms with Gasteiger partial charge < -0.3 is 5.11 Å². The number of hydrogen-bond acceptors (Lipinski definition) is 3. The largest absolute Gasteiger partial charge is 0.392 e. The molecule has 4 nitrogen and oxygen atoms in total. The SMILES string of the molecule is Cc1ccccc1NS(=O)(=O)c1ccc(CO)c(Cl)c1. The van der Waals surface area contributed by atoms with Crippen LogP contribution in [0.3, 0.4) is 0 Å². The summed E-state index contributed by atoms with van der Waals surface area (Å²) in [5.41, 5.74) is 1.84. The number of nitrogens with one attached hydrogen (secondary N) is 1. The maximum absolute atomic E-state index is 12.3. The highest BCUT2D eigenvalue weighted by molar-refractivity contribution is 7.92. The quantitative estimate of drug-likeness (QED) is 0.912. The van der Waals surface area contributed by atoms with E-state index in [0.717, 1.165) is 5.56 Å². The summed E-state index contributed by atoms with van der Waals surface area (Å²) in [6.07, 6.45) is 0. The summed E-state index contributed by atoms with van der Waals surface area (Å²) in [7, 11) is -3.70. The molecule has 0 aromatic heterocycles. The Balaban J connectivity index is 2.36. The van der Waals surface area contributed by atoms with Crippen molar-refractivity contribution < 1.29 is 13.5 Å². The van der Waals surface area contributed by atoms with Crippen molar-refractivity contribution in [2.75, 3.05) is 4.72 Å². The Labute approximate surface area is 123 Å². The monoisotopic (exact) mass is 311 g/mol. The van der Waals surface area contributed by atoms with Gasteiger partial charge in [0.2, 0.25) is 0 Å². The third-order valence-electron chi connectivity index (χ3n) is 2.89. The van der Waals surface area contributed by atoms with Crippen LogP contribution in [-0.2, 0) is 16.6 Å². The number of aryl methyl sites for hydroxylation is 1. The molecule has 0 saturated heterocycles. The van der Waals surface area contributed by atoms with Crippen LogP contribution in [0.15, 0.2) is 47.4 Å². The fourth-order valence-electron chi connectivity index (χ4n) is 1.71. The van der Waals surface area contributed by atoms with E-state index in [4.69, 9.17) is 16.7 Å². The lowest BCUT2D eigenvalue weighted by Gasteiger charge is -2.11. The van der Waals surface area contributed by atoms with Crippen molar-refractivity contribution >= 4 is 27.3 Å². The number of aliphatic hydroxyl groups is 1. The van der Waals surface area contributed by atoms with E-state index in [9.17, 15) is 8.42 Å². The van der Waals surface area contributed by atoms with Gasteiger partial charge in [-0.15, -0.1) is 0 Å². The van der Waals surface area contributed by atoms with E-state index in [-0.39, 0.29) is 16.5 Å². The van der Waals surface area contributed by atoms with Gasteiger partial charge in [0.15, 0.2) is 0 Å². The van der Waals surface area contributed by atoms with E-state index in [0.29, 0.717) is 11.3 Å². The first-order chi connectivity index (χ1) is 9.44. The lowest BCUT2D eigenvalue weighted by molar-refractivity contribution is 0.282. The van der Waals surface area contributed by atoms with Gasteiger partial charge in [-0.3, -0.25) is 4.72 Å². The van der Waals surface area contributed by atoms with Crippen LogP contribution in [0.2, 0.25) is 5.02 Å². The smallest absolute Gasteiger partial charge is 0.261 e. The van der Waals surface area contributed by atoms with Gasteiger partial charge >= 0.3 is 0 Å². The summed E-state index contributed by atoms with van der Waals surface area (Å²) < 4.78 is 27.1. The van der Waals surface area contributed by atoms with Crippen molar-refractivity contribution in [2.45, 2.75) is 18.4 Å². The van der Waals surface area contributed by atoms with Crippen LogP contribution < -0.4 is 4.72 Å². The van der Waals surface area contributed by atoms with E-state index in [2.05, 4.69) is 4.72 Å². The van der Waals surface area contributed by atoms with Crippen LogP contribution in [0.4, 0.5) is 5.69 Å². The molecule has 106 valence electrons. The van der Waals surface area contributed by atoms with Crippen LogP contribution in [0.5, 0.6) is 0 Å². The Morgan fingerprint density at radius 1 is 1.20 bits per heavy atom. The van der Waals surface area contributed by atoms with E-state index in [1.165, 1.54) is 18.2 Å². The molecule has 0 atom stereocenters. The summed E-state index contributed by atoms with van der Waals surface area (Å²) in [5.74, 6) is 0. The molecular formula is C14H14ClNO3S. The van der Waals surface area contributed by atoms with Crippen molar-refractivity contribution in [3.63, 3.8) is 0 Å². The van der Waals surface area contributed by atoms with Gasteiger partial charge in [-0.25, -0.2) is 8.42 Å². The van der Waals surface area contributed by atoms with Gasteiger partial charge in [0.25, 0.3) is 10.0 Å². The highest BCUT2D eigenvalue weighted by Gasteiger charge is 2.16. The molecule has 2 rings (SSSR count). The summed E-state index contributed by atoms with van der Waals surface area (Å²) in [6, 6.07) is 11.3. The standard InChI is InChI=1S/C14H14ClNO3S/c1-10-4-2-3-5-14(10)16-20(18,19)12-7-6-11(9-17)13(15)8-12/h2-8,16-17H,9H2,1H3. The zero-order chi connectivity index (χ0) is 14.8. The summed E-state index contributed by atoms with van der Waals surface area (Å²) in [5, 5.41) is 9.26. The first-order valence-corrected chi connectivity index (χ1v) is 7.78. The summed E-state index contributed by atoms with van der Waals surface area (Å²) in [4.78, 5) is 0.0583. The molecule has 0 bridgehead atoms. The van der Waals surface area contributed by atoms with Crippen LogP contribution in [-0.4, -0.2) is 13.5 Å². The minimum absolute atomic E-state index is 0.0583. The van der Waals surface area contributed by atoms with Crippen molar-refractivity contribution in [3.05, 3.63) is 58.6 Å². The number of benzene rings is 2. The van der Waals surface area contributed by atoms with Crippen molar-refractivity contribution in [2.24, 2.45) is 0 Å². The molecule has 0 radical (unpaired) electrons. The van der Waals surface area contributed by atoms with Crippen molar-refractivity contribution in [1.29, 1.82) is 0 Å². The van der Waals surface area contributed by atoms with Gasteiger partial charge in [-0.2, -0.15) is 0 Å². The number of halogens is 1. The topological polar surface area (TPSA) is 66.4 Å². The molecule has 0 saturated carbocycles. The van der Waals surface area contributed by atoms with Gasteiger partial charge in [0.05, 0.1) is 17.2 Å². The van der Waals surface area contributed by atoms with Gasteiger partial charge in [-0.05, 0) is 36.2 Å². The molecule has 0 spiro atoms. The molecule has 2 aromatic rings. The molecule has 0 heterocycles. The van der Waals surface area contributed by atoms with Crippen molar-refractivity contribution in [1.82, 2.24) is 0 Å². The van der Waals surface area contributed by atoms with Crippen LogP contribution in [0.25, 0.3) is 0 Å². The second-order valence-corrected chi connectivity index (χ2v) is 6.42. The average Bonchev–Trinajstić information content (AvgIpc) is 2.41. The molecule has 0 aliphatic rings. The number of sulfonamides is 1. The van der Waals surface area contributed by atoms with Crippen LogP contribution in [0, 0.1) is 6.92 Å². The Bertz CT molecular complexity index is 729. The number of para-hydroxylation sites is 1. The average molecular weight is 312 g/mol. The van der Waals surface area contributed by atoms with Crippen LogP contribution >= 0.6 is 11.6 Å². The lowest BCUT2D eigenvalue weighted by Crippen LogP contribution is -2.13. The van der Waals surface area contributed by atoms with E-state index >= 15 is 0 Å². The summed E-state index contributed by atoms with van der Waals surface area (Å²) >= 11 is 5.92. The fourth-order valence-corrected chi connectivity index (χ4v) is 3.18. The molecular weight excluding hydrogens is 298 g/mol. The summed E-state index contributed by atoms with van der Waals surface area (Å²) in [6.45, 7) is 1.59. The molecule has 6 heteroatoms. The highest BCUT2D eigenvalue weighted by atomic mass is 35.5. The predicted molar refractivity (Wildman–Crippen MR) is 79.4 cm³/mol. The van der Waals surface area contributed by atoms with Gasteiger partial charge in [0.1, 0.15) is 0 Å². The predicted octanol–water partition coefficient (Wildman–Crippen LogP) is 2.94. The van der Waals surface area contributed by atoms with Gasteiger partial charge in [0, 0.05) is 5.02 Å². The molecule has 0 fully saturated rings. The van der Waals surface area contributed by atoms with Crippen LogP contribution in [0.1, 0.15) is 11.1 Å². The number of hydrogen-bond donors (Lipinski definition) is 2. The van der Waals surface area contributed by atoms with E-state index < -0.39 is 10.0 Å². The molecule has 2 N–H and O–H groups in total. The Morgan fingerprint density at radius 2 is 1.90 bits per heavy atom. The molecule has 0 unspecified atom stereocenters. The number of anilines is 1. The second kappa shape index (κ2) is 5.83. The molecule has 0 aliphatic carbocycles. The molecule has 0 aliphatic heterocycles.